The first kappa shape index (κ1) is 16.9. The number of hydrogen-bond donors (Lipinski definition) is 1. The average molecular weight is 308 g/mol. The zero-order valence-corrected chi connectivity index (χ0v) is 14.5. The fourth-order valence-electron chi connectivity index (χ4n) is 2.31. The van der Waals surface area contributed by atoms with E-state index >= 15 is 0 Å². The first-order chi connectivity index (χ1) is 11.0. The van der Waals surface area contributed by atoms with E-state index in [1.165, 1.54) is 16.7 Å². The van der Waals surface area contributed by atoms with Crippen LogP contribution in [-0.4, -0.2) is 16.2 Å². The number of nitrogens with one attached hydrogen (secondary N) is 1. The van der Waals surface area contributed by atoms with Crippen LogP contribution in [0, 0.1) is 20.8 Å². The molecule has 0 unspecified atom stereocenters. The van der Waals surface area contributed by atoms with Crippen molar-refractivity contribution in [1.82, 2.24) is 9.97 Å². The van der Waals surface area contributed by atoms with Crippen molar-refractivity contribution in [1.29, 1.82) is 0 Å². The molecule has 1 aromatic heterocycles. The van der Waals surface area contributed by atoms with Gasteiger partial charge in [0.05, 0.1) is 0 Å². The number of allylic oxidation sites excluding steroid dienone is 1. The van der Waals surface area contributed by atoms with E-state index in [1.54, 1.807) is 6.21 Å². The number of aryl methyl sites for hydroxylation is 3. The minimum atomic E-state index is 0.518. The number of benzene rings is 1. The average Bonchev–Trinajstić information content (AvgIpc) is 2.47. The van der Waals surface area contributed by atoms with E-state index in [0.29, 0.717) is 11.9 Å². The standard InChI is InChI=1S/C19H24N4/c1-13(2)18-9-8-17(14(3)11-18)7-6-10-20-23-19-21-15(4)12-16(5)22-19/h6-13H,1-5H3,(H,21,22,23)/b7-6+,20-10-. The third-order valence-electron chi connectivity index (χ3n) is 3.54. The van der Waals surface area contributed by atoms with Gasteiger partial charge in [0.15, 0.2) is 0 Å². The molecular formula is C19H24N4. The van der Waals surface area contributed by atoms with Crippen LogP contribution in [0.3, 0.4) is 0 Å². The first-order valence-corrected chi connectivity index (χ1v) is 7.84. The Kier molecular flexibility index (Phi) is 5.63. The molecule has 0 aliphatic rings. The van der Waals surface area contributed by atoms with E-state index in [-0.39, 0.29) is 0 Å². The van der Waals surface area contributed by atoms with Gasteiger partial charge in [-0.1, -0.05) is 38.1 Å². The second-order valence-electron chi connectivity index (χ2n) is 5.99. The van der Waals surface area contributed by atoms with Gasteiger partial charge in [-0.2, -0.15) is 5.10 Å². The second-order valence-corrected chi connectivity index (χ2v) is 5.99. The molecule has 2 rings (SSSR count). The summed E-state index contributed by atoms with van der Waals surface area (Å²) < 4.78 is 0. The Morgan fingerprint density at radius 1 is 1.04 bits per heavy atom. The summed E-state index contributed by atoms with van der Waals surface area (Å²) in [5.41, 5.74) is 8.52. The molecule has 0 saturated heterocycles. The van der Waals surface area contributed by atoms with Crippen LogP contribution in [0.1, 0.15) is 47.8 Å². The fraction of sp³-hybridized carbons (Fsp3) is 0.316. The van der Waals surface area contributed by atoms with E-state index < -0.39 is 0 Å². The van der Waals surface area contributed by atoms with Gasteiger partial charge in [-0.3, -0.25) is 0 Å². The molecule has 0 atom stereocenters. The normalized spacial score (nSPS) is 11.7. The third kappa shape index (κ3) is 5.02. The molecular weight excluding hydrogens is 284 g/mol. The molecule has 1 N–H and O–H groups in total. The highest BCUT2D eigenvalue weighted by atomic mass is 15.3. The van der Waals surface area contributed by atoms with Crippen LogP contribution in [0.25, 0.3) is 6.08 Å². The van der Waals surface area contributed by atoms with Gasteiger partial charge in [-0.05, 0) is 55.5 Å². The molecule has 1 heterocycles. The Balaban J connectivity index is 1.98. The van der Waals surface area contributed by atoms with E-state index in [9.17, 15) is 0 Å². The Morgan fingerprint density at radius 3 is 2.35 bits per heavy atom. The summed E-state index contributed by atoms with van der Waals surface area (Å²) in [5.74, 6) is 1.07. The lowest BCUT2D eigenvalue weighted by molar-refractivity contribution is 0.864. The minimum absolute atomic E-state index is 0.518. The molecule has 0 aliphatic carbocycles. The van der Waals surface area contributed by atoms with Crippen molar-refractivity contribution >= 4 is 18.2 Å². The maximum absolute atomic E-state index is 4.27. The van der Waals surface area contributed by atoms with E-state index in [1.807, 2.05) is 32.1 Å². The van der Waals surface area contributed by atoms with Gasteiger partial charge in [0, 0.05) is 17.6 Å². The van der Waals surface area contributed by atoms with Gasteiger partial charge in [-0.25, -0.2) is 15.4 Å². The van der Waals surface area contributed by atoms with Gasteiger partial charge in [0.25, 0.3) is 0 Å². The van der Waals surface area contributed by atoms with E-state index in [4.69, 9.17) is 0 Å². The van der Waals surface area contributed by atoms with Crippen molar-refractivity contribution in [2.75, 3.05) is 5.43 Å². The van der Waals surface area contributed by atoms with Crippen molar-refractivity contribution in [3.05, 3.63) is 58.4 Å². The lowest BCUT2D eigenvalue weighted by Crippen LogP contribution is -1.98. The molecule has 1 aromatic carbocycles. The zero-order chi connectivity index (χ0) is 16.8. The van der Waals surface area contributed by atoms with E-state index in [0.717, 1.165) is 11.4 Å². The Morgan fingerprint density at radius 2 is 1.74 bits per heavy atom. The molecule has 0 radical (unpaired) electrons. The molecule has 23 heavy (non-hydrogen) atoms. The van der Waals surface area contributed by atoms with Crippen molar-refractivity contribution in [2.24, 2.45) is 5.10 Å². The number of rotatable bonds is 5. The summed E-state index contributed by atoms with van der Waals surface area (Å²) in [6.45, 7) is 10.4. The van der Waals surface area contributed by atoms with Gasteiger partial charge in [0.2, 0.25) is 5.95 Å². The highest BCUT2D eigenvalue weighted by molar-refractivity contribution is 5.79. The third-order valence-corrected chi connectivity index (χ3v) is 3.54. The van der Waals surface area contributed by atoms with Crippen LogP contribution in [0.5, 0.6) is 0 Å². The predicted molar refractivity (Wildman–Crippen MR) is 97.9 cm³/mol. The number of aromatic nitrogens is 2. The summed E-state index contributed by atoms with van der Waals surface area (Å²) in [4.78, 5) is 8.54. The molecule has 120 valence electrons. The summed E-state index contributed by atoms with van der Waals surface area (Å²) in [7, 11) is 0. The number of hydrazone groups is 1. The Hall–Kier alpha value is -2.49. The molecule has 0 bridgehead atoms. The van der Waals surface area contributed by atoms with Gasteiger partial charge in [-0.15, -0.1) is 0 Å². The highest BCUT2D eigenvalue weighted by Gasteiger charge is 2.01. The van der Waals surface area contributed by atoms with Crippen molar-refractivity contribution in [3.63, 3.8) is 0 Å². The quantitative estimate of drug-likeness (QED) is 0.647. The maximum Gasteiger partial charge on any atom is 0.243 e. The fourth-order valence-corrected chi connectivity index (χ4v) is 2.31. The number of nitrogens with zero attached hydrogens (tertiary/aromatic N) is 3. The summed E-state index contributed by atoms with van der Waals surface area (Å²) >= 11 is 0. The van der Waals surface area contributed by atoms with Gasteiger partial charge < -0.3 is 0 Å². The molecule has 0 aliphatic heterocycles. The summed E-state index contributed by atoms with van der Waals surface area (Å²) in [5, 5.41) is 4.13. The van der Waals surface area contributed by atoms with Crippen LogP contribution in [0.2, 0.25) is 0 Å². The smallest absolute Gasteiger partial charge is 0.243 e. The summed E-state index contributed by atoms with van der Waals surface area (Å²) in [6.07, 6.45) is 5.66. The second kappa shape index (κ2) is 7.68. The van der Waals surface area contributed by atoms with Gasteiger partial charge >= 0.3 is 0 Å². The topological polar surface area (TPSA) is 50.2 Å². The molecule has 0 amide bonds. The maximum atomic E-state index is 4.27. The summed E-state index contributed by atoms with van der Waals surface area (Å²) in [6, 6.07) is 8.49. The van der Waals surface area contributed by atoms with Crippen LogP contribution in [-0.2, 0) is 0 Å². The lowest BCUT2D eigenvalue weighted by Gasteiger charge is -2.08. The Bertz CT molecular complexity index is 710. The molecule has 0 saturated carbocycles. The highest BCUT2D eigenvalue weighted by Crippen LogP contribution is 2.19. The molecule has 0 fully saturated rings. The predicted octanol–water partition coefficient (Wildman–Crippen LogP) is 4.64. The van der Waals surface area contributed by atoms with Crippen molar-refractivity contribution in [2.45, 2.75) is 40.5 Å². The monoisotopic (exact) mass is 308 g/mol. The zero-order valence-electron chi connectivity index (χ0n) is 14.5. The SMILES string of the molecule is Cc1cc(C)nc(N/N=C\C=C\c2ccc(C(C)C)cc2C)n1. The van der Waals surface area contributed by atoms with Crippen molar-refractivity contribution < 1.29 is 0 Å². The largest absolute Gasteiger partial charge is 0.245 e. The molecule has 2 aromatic rings. The van der Waals surface area contributed by atoms with Crippen LogP contribution in [0.4, 0.5) is 5.95 Å². The minimum Gasteiger partial charge on any atom is -0.245 e. The lowest BCUT2D eigenvalue weighted by atomic mass is 9.98. The Labute approximate surface area is 138 Å². The van der Waals surface area contributed by atoms with Crippen molar-refractivity contribution in [3.8, 4) is 0 Å². The van der Waals surface area contributed by atoms with Crippen LogP contribution >= 0.6 is 0 Å². The van der Waals surface area contributed by atoms with E-state index in [2.05, 4.69) is 59.5 Å². The van der Waals surface area contributed by atoms with Crippen LogP contribution < -0.4 is 5.43 Å². The van der Waals surface area contributed by atoms with Gasteiger partial charge in [0.1, 0.15) is 0 Å². The number of anilines is 1. The van der Waals surface area contributed by atoms with Crippen LogP contribution in [0.15, 0.2) is 35.4 Å². The molecule has 0 spiro atoms. The molecule has 4 heteroatoms. The molecule has 4 nitrogen and oxygen atoms in total. The first-order valence-electron chi connectivity index (χ1n) is 7.84. The number of hydrogen-bond acceptors (Lipinski definition) is 4.